The van der Waals surface area contributed by atoms with Gasteiger partial charge in [0.2, 0.25) is 5.91 Å². The number of hydrogen-bond donors (Lipinski definition) is 3. The van der Waals surface area contributed by atoms with E-state index in [0.717, 1.165) is 15.4 Å². The number of rotatable bonds is 5. The number of fused-ring (bicyclic) bond motifs is 1. The molecule has 5 nitrogen and oxygen atoms in total. The molecule has 2 amide bonds. The summed E-state index contributed by atoms with van der Waals surface area (Å²) in [6, 6.07) is 7.60. The van der Waals surface area contributed by atoms with E-state index in [9.17, 15) is 9.59 Å². The van der Waals surface area contributed by atoms with Gasteiger partial charge in [0.15, 0.2) is 0 Å². The van der Waals surface area contributed by atoms with Crippen LogP contribution in [-0.4, -0.2) is 29.9 Å². The van der Waals surface area contributed by atoms with Gasteiger partial charge >= 0.3 is 0 Å². The molecule has 2 aromatic rings. The van der Waals surface area contributed by atoms with Crippen LogP contribution in [0.2, 0.25) is 0 Å². The molecular formula is C15H18BrN3O2. The molecular weight excluding hydrogens is 334 g/mol. The van der Waals surface area contributed by atoms with Crippen LogP contribution in [-0.2, 0) is 4.79 Å². The average molecular weight is 352 g/mol. The van der Waals surface area contributed by atoms with Crippen LogP contribution in [0.25, 0.3) is 10.9 Å². The van der Waals surface area contributed by atoms with Crippen LogP contribution >= 0.6 is 15.9 Å². The number of aromatic nitrogens is 1. The molecule has 112 valence electrons. The number of halogens is 1. The second-order valence-corrected chi connectivity index (χ2v) is 6.03. The van der Waals surface area contributed by atoms with Crippen molar-refractivity contribution in [1.29, 1.82) is 0 Å². The summed E-state index contributed by atoms with van der Waals surface area (Å²) in [6.45, 7) is 4.48. The molecule has 0 radical (unpaired) electrons. The smallest absolute Gasteiger partial charge is 0.267 e. The summed E-state index contributed by atoms with van der Waals surface area (Å²) < 4.78 is 0.959. The fraction of sp³-hybridized carbons (Fsp3) is 0.333. The van der Waals surface area contributed by atoms with Crippen molar-refractivity contribution in [3.05, 3.63) is 34.4 Å². The molecule has 0 aliphatic carbocycles. The molecule has 0 unspecified atom stereocenters. The zero-order valence-corrected chi connectivity index (χ0v) is 13.6. The maximum atomic E-state index is 12.0. The van der Waals surface area contributed by atoms with Crippen LogP contribution < -0.4 is 10.6 Å². The lowest BCUT2D eigenvalue weighted by molar-refractivity contribution is -0.123. The van der Waals surface area contributed by atoms with Gasteiger partial charge in [-0.25, -0.2) is 0 Å². The number of carbonyl (C=O) groups is 2. The summed E-state index contributed by atoms with van der Waals surface area (Å²) in [4.78, 5) is 26.5. The molecule has 0 aliphatic heterocycles. The summed E-state index contributed by atoms with van der Waals surface area (Å²) in [7, 11) is 0. The number of H-pyrrole nitrogens is 1. The first-order chi connectivity index (χ1) is 9.97. The van der Waals surface area contributed by atoms with Gasteiger partial charge in [0.1, 0.15) is 5.69 Å². The van der Waals surface area contributed by atoms with Gasteiger partial charge in [-0.15, -0.1) is 0 Å². The Morgan fingerprint density at radius 2 is 1.90 bits per heavy atom. The maximum absolute atomic E-state index is 12.0. The number of aromatic amines is 1. The number of hydrogen-bond acceptors (Lipinski definition) is 2. The number of benzene rings is 1. The second kappa shape index (κ2) is 6.76. The monoisotopic (exact) mass is 351 g/mol. The molecule has 0 atom stereocenters. The molecule has 0 saturated heterocycles. The van der Waals surface area contributed by atoms with Gasteiger partial charge in [0.25, 0.3) is 5.91 Å². The first kappa shape index (κ1) is 15.6. The van der Waals surface area contributed by atoms with Gasteiger partial charge in [-0.05, 0) is 18.2 Å². The zero-order valence-electron chi connectivity index (χ0n) is 12.0. The van der Waals surface area contributed by atoms with E-state index in [1.807, 2.05) is 38.1 Å². The predicted octanol–water partition coefficient (Wildman–Crippen LogP) is 2.43. The molecule has 21 heavy (non-hydrogen) atoms. The van der Waals surface area contributed by atoms with Gasteiger partial charge in [-0.2, -0.15) is 0 Å². The Morgan fingerprint density at radius 3 is 2.62 bits per heavy atom. The standard InChI is InChI=1S/C15H18BrN3O2/c1-9(2)14(20)17-5-6-18-15(21)13-7-10-3-4-11(16)8-12(10)19-13/h3-4,7-9,19H,5-6H2,1-2H3,(H,17,20)(H,18,21). The van der Waals surface area contributed by atoms with E-state index in [2.05, 4.69) is 31.5 Å². The molecule has 1 aromatic carbocycles. The van der Waals surface area contributed by atoms with Crippen LogP contribution in [0.1, 0.15) is 24.3 Å². The average Bonchev–Trinajstić information content (AvgIpc) is 2.85. The van der Waals surface area contributed by atoms with E-state index in [-0.39, 0.29) is 17.7 Å². The zero-order chi connectivity index (χ0) is 15.4. The Labute approximate surface area is 131 Å². The number of amides is 2. The van der Waals surface area contributed by atoms with Gasteiger partial charge in [-0.1, -0.05) is 35.8 Å². The topological polar surface area (TPSA) is 74.0 Å². The van der Waals surface area contributed by atoms with E-state index in [4.69, 9.17) is 0 Å². The lowest BCUT2D eigenvalue weighted by Gasteiger charge is -2.08. The molecule has 0 saturated carbocycles. The van der Waals surface area contributed by atoms with E-state index in [1.54, 1.807) is 0 Å². The van der Waals surface area contributed by atoms with E-state index in [1.165, 1.54) is 0 Å². The first-order valence-corrected chi connectivity index (χ1v) is 7.61. The summed E-state index contributed by atoms with van der Waals surface area (Å²) >= 11 is 3.39. The largest absolute Gasteiger partial charge is 0.354 e. The molecule has 0 fully saturated rings. The van der Waals surface area contributed by atoms with Crippen molar-refractivity contribution in [2.75, 3.05) is 13.1 Å². The van der Waals surface area contributed by atoms with Gasteiger partial charge < -0.3 is 15.6 Å². The number of nitrogens with one attached hydrogen (secondary N) is 3. The fourth-order valence-electron chi connectivity index (χ4n) is 1.88. The lowest BCUT2D eigenvalue weighted by Crippen LogP contribution is -2.36. The molecule has 0 aliphatic rings. The molecule has 2 rings (SSSR count). The highest BCUT2D eigenvalue weighted by Crippen LogP contribution is 2.20. The van der Waals surface area contributed by atoms with Crippen LogP contribution in [0.4, 0.5) is 0 Å². The molecule has 1 aromatic heterocycles. The van der Waals surface area contributed by atoms with Crippen molar-refractivity contribution in [2.45, 2.75) is 13.8 Å². The third-order valence-corrected chi connectivity index (χ3v) is 3.56. The highest BCUT2D eigenvalue weighted by Gasteiger charge is 2.10. The summed E-state index contributed by atoms with van der Waals surface area (Å²) in [6.07, 6.45) is 0. The third kappa shape index (κ3) is 4.07. The Morgan fingerprint density at radius 1 is 1.19 bits per heavy atom. The molecule has 0 bridgehead atoms. The van der Waals surface area contributed by atoms with Crippen molar-refractivity contribution < 1.29 is 9.59 Å². The third-order valence-electron chi connectivity index (χ3n) is 3.06. The van der Waals surface area contributed by atoms with Crippen molar-refractivity contribution in [3.8, 4) is 0 Å². The summed E-state index contributed by atoms with van der Waals surface area (Å²) in [5, 5.41) is 6.51. The Bertz CT molecular complexity index is 664. The minimum atomic E-state index is -0.180. The minimum Gasteiger partial charge on any atom is -0.354 e. The van der Waals surface area contributed by atoms with Gasteiger partial charge in [0.05, 0.1) is 0 Å². The lowest BCUT2D eigenvalue weighted by atomic mass is 10.2. The quantitative estimate of drug-likeness (QED) is 0.723. The number of carbonyl (C=O) groups excluding carboxylic acids is 2. The van der Waals surface area contributed by atoms with E-state index < -0.39 is 0 Å². The van der Waals surface area contributed by atoms with Crippen LogP contribution in [0.3, 0.4) is 0 Å². The van der Waals surface area contributed by atoms with Crippen LogP contribution in [0.15, 0.2) is 28.7 Å². The minimum absolute atomic E-state index is 0.0142. The SMILES string of the molecule is CC(C)C(=O)NCCNC(=O)c1cc2ccc(Br)cc2[nH]1. The summed E-state index contributed by atoms with van der Waals surface area (Å²) in [5.41, 5.74) is 1.42. The van der Waals surface area contributed by atoms with Crippen LogP contribution in [0.5, 0.6) is 0 Å². The van der Waals surface area contributed by atoms with E-state index in [0.29, 0.717) is 18.8 Å². The molecule has 1 heterocycles. The summed E-state index contributed by atoms with van der Waals surface area (Å²) in [5.74, 6) is -0.242. The van der Waals surface area contributed by atoms with Crippen molar-refractivity contribution in [3.63, 3.8) is 0 Å². The molecule has 3 N–H and O–H groups in total. The van der Waals surface area contributed by atoms with Crippen molar-refractivity contribution in [1.82, 2.24) is 15.6 Å². The van der Waals surface area contributed by atoms with Crippen molar-refractivity contribution in [2.24, 2.45) is 5.92 Å². The normalized spacial score (nSPS) is 10.9. The Balaban J connectivity index is 1.89. The highest BCUT2D eigenvalue weighted by atomic mass is 79.9. The van der Waals surface area contributed by atoms with Gasteiger partial charge in [0, 0.05) is 34.4 Å². The maximum Gasteiger partial charge on any atom is 0.267 e. The van der Waals surface area contributed by atoms with Crippen molar-refractivity contribution >= 4 is 38.6 Å². The Kier molecular flexibility index (Phi) is 5.01. The molecule has 0 spiro atoms. The molecule has 6 heteroatoms. The highest BCUT2D eigenvalue weighted by molar-refractivity contribution is 9.10. The van der Waals surface area contributed by atoms with E-state index >= 15 is 0 Å². The second-order valence-electron chi connectivity index (χ2n) is 5.12. The van der Waals surface area contributed by atoms with Gasteiger partial charge in [-0.3, -0.25) is 9.59 Å². The predicted molar refractivity (Wildman–Crippen MR) is 86.2 cm³/mol. The fourth-order valence-corrected chi connectivity index (χ4v) is 2.24. The Hall–Kier alpha value is -1.82. The van der Waals surface area contributed by atoms with Crippen LogP contribution in [0, 0.1) is 5.92 Å². The first-order valence-electron chi connectivity index (χ1n) is 6.81.